The lowest BCUT2D eigenvalue weighted by molar-refractivity contribution is 0.256. The van der Waals surface area contributed by atoms with E-state index in [1.807, 2.05) is 48.5 Å². The lowest BCUT2D eigenvalue weighted by atomic mass is 10.0. The van der Waals surface area contributed by atoms with Gasteiger partial charge in [0.15, 0.2) is 0 Å². The highest BCUT2D eigenvalue weighted by molar-refractivity contribution is 7.18. The third-order valence-electron chi connectivity index (χ3n) is 5.56. The van der Waals surface area contributed by atoms with E-state index in [1.165, 1.54) is 11.2 Å². The molecule has 0 radical (unpaired) electrons. The average molecular weight is 468 g/mol. The van der Waals surface area contributed by atoms with E-state index in [2.05, 4.69) is 20.3 Å². The molecule has 0 bridgehead atoms. The summed E-state index contributed by atoms with van der Waals surface area (Å²) in [6, 6.07) is 14.5. The van der Waals surface area contributed by atoms with E-state index in [4.69, 9.17) is 17.2 Å². The summed E-state index contributed by atoms with van der Waals surface area (Å²) in [6.07, 6.45) is 6.76. The average Bonchev–Trinajstić information content (AvgIpc) is 3.31. The van der Waals surface area contributed by atoms with Crippen molar-refractivity contribution in [1.29, 1.82) is 0 Å². The van der Waals surface area contributed by atoms with Crippen LogP contribution in [0.3, 0.4) is 0 Å². The number of fused-ring (bicyclic) bond motifs is 1. The Kier molecular flexibility index (Phi) is 5.62. The van der Waals surface area contributed by atoms with E-state index in [1.54, 1.807) is 29.9 Å². The number of pyridine rings is 1. The zero-order valence-electron chi connectivity index (χ0n) is 18.1. The van der Waals surface area contributed by atoms with E-state index in [0.29, 0.717) is 23.7 Å². The molecule has 0 fully saturated rings. The Balaban J connectivity index is 1.56. The lowest BCUT2D eigenvalue weighted by Crippen LogP contribution is -2.31. The maximum Gasteiger partial charge on any atom is 0.323 e. The molecule has 3 aromatic heterocycles. The smallest absolute Gasteiger partial charge is 0.323 e. The Morgan fingerprint density at radius 2 is 1.71 bits per heavy atom. The fraction of sp³-hybridized carbons (Fsp3) is 0.0400. The highest BCUT2D eigenvalue weighted by Crippen LogP contribution is 2.42. The van der Waals surface area contributed by atoms with Crippen molar-refractivity contribution in [2.75, 3.05) is 10.6 Å². The molecule has 9 heteroatoms. The zero-order chi connectivity index (χ0) is 23.7. The van der Waals surface area contributed by atoms with E-state index >= 15 is 0 Å². The summed E-state index contributed by atoms with van der Waals surface area (Å²) in [7, 11) is 0. The van der Waals surface area contributed by atoms with Crippen molar-refractivity contribution in [3.8, 4) is 22.3 Å². The number of carbonyl (C=O) groups is 1. The van der Waals surface area contributed by atoms with Crippen LogP contribution in [0, 0.1) is 0 Å². The third kappa shape index (κ3) is 3.83. The van der Waals surface area contributed by atoms with Crippen molar-refractivity contribution in [2.45, 2.75) is 6.54 Å². The van der Waals surface area contributed by atoms with Crippen LogP contribution in [-0.2, 0) is 6.54 Å². The largest absolute Gasteiger partial charge is 0.383 e. The molecule has 0 aliphatic rings. The van der Waals surface area contributed by atoms with Gasteiger partial charge in [0.05, 0.1) is 11.4 Å². The van der Waals surface area contributed by atoms with Gasteiger partial charge in [-0.15, -0.1) is 11.3 Å². The number of amides is 2. The number of hydrogen-bond acceptors (Lipinski definition) is 7. The van der Waals surface area contributed by atoms with E-state index in [9.17, 15) is 4.79 Å². The van der Waals surface area contributed by atoms with Crippen LogP contribution in [-0.4, -0.2) is 21.0 Å². The molecule has 0 aliphatic heterocycles. The number of hydrogen-bond donors (Lipinski definition) is 3. The van der Waals surface area contributed by atoms with E-state index in [0.717, 1.165) is 37.9 Å². The quantitative estimate of drug-likeness (QED) is 0.343. The SMILES string of the molecule is NCc1cccc(N(C(N)=O)c2ccc(-c3csc4c(-c5cncnc5)cnc(N)c34)cc2)c1. The predicted molar refractivity (Wildman–Crippen MR) is 137 cm³/mol. The van der Waals surface area contributed by atoms with Gasteiger partial charge < -0.3 is 17.2 Å². The molecule has 0 unspecified atom stereocenters. The minimum atomic E-state index is -0.578. The van der Waals surface area contributed by atoms with Crippen LogP contribution in [0.5, 0.6) is 0 Å². The fourth-order valence-corrected chi connectivity index (χ4v) is 5.06. The van der Waals surface area contributed by atoms with Crippen LogP contribution in [0.2, 0.25) is 0 Å². The van der Waals surface area contributed by atoms with Crippen molar-refractivity contribution in [3.63, 3.8) is 0 Å². The van der Waals surface area contributed by atoms with Crippen LogP contribution in [0.15, 0.2) is 78.8 Å². The zero-order valence-corrected chi connectivity index (χ0v) is 18.9. The molecule has 0 saturated carbocycles. The Hall–Kier alpha value is -4.34. The maximum atomic E-state index is 12.3. The Bertz CT molecular complexity index is 1480. The first kappa shape index (κ1) is 21.5. The summed E-state index contributed by atoms with van der Waals surface area (Å²) in [5, 5.41) is 2.93. The van der Waals surface area contributed by atoms with Crippen LogP contribution in [0.1, 0.15) is 5.56 Å². The highest BCUT2D eigenvalue weighted by atomic mass is 32.1. The molecule has 3 heterocycles. The van der Waals surface area contributed by atoms with Crippen LogP contribution < -0.4 is 22.1 Å². The van der Waals surface area contributed by atoms with Gasteiger partial charge in [-0.3, -0.25) is 4.90 Å². The van der Waals surface area contributed by atoms with Gasteiger partial charge in [0.2, 0.25) is 0 Å². The first-order chi connectivity index (χ1) is 16.6. The molecule has 5 aromatic rings. The number of carbonyl (C=O) groups excluding carboxylic acids is 1. The van der Waals surface area contributed by atoms with Gasteiger partial charge in [0.25, 0.3) is 0 Å². The fourth-order valence-electron chi connectivity index (χ4n) is 3.94. The Morgan fingerprint density at radius 3 is 2.41 bits per heavy atom. The number of rotatable bonds is 5. The molecule has 0 spiro atoms. The van der Waals surface area contributed by atoms with Crippen LogP contribution >= 0.6 is 11.3 Å². The second kappa shape index (κ2) is 8.89. The summed E-state index contributed by atoms with van der Waals surface area (Å²) in [5.74, 6) is 0.452. The second-order valence-electron chi connectivity index (χ2n) is 7.63. The number of aromatic nitrogens is 3. The molecule has 2 amide bonds. The van der Waals surface area contributed by atoms with Crippen molar-refractivity contribution >= 4 is 44.6 Å². The lowest BCUT2D eigenvalue weighted by Gasteiger charge is -2.21. The van der Waals surface area contributed by atoms with Crippen molar-refractivity contribution in [3.05, 3.63) is 84.4 Å². The summed E-state index contributed by atoms with van der Waals surface area (Å²) in [4.78, 5) is 26.4. The number of nitrogen functional groups attached to an aromatic ring is 1. The molecular weight excluding hydrogens is 446 g/mol. The number of nitrogens with zero attached hydrogens (tertiary/aromatic N) is 4. The number of benzene rings is 2. The monoisotopic (exact) mass is 467 g/mol. The molecule has 0 saturated heterocycles. The number of nitrogens with two attached hydrogens (primary N) is 3. The molecular formula is C25H21N7OS. The van der Waals surface area contributed by atoms with Crippen molar-refractivity contribution < 1.29 is 4.79 Å². The first-order valence-electron chi connectivity index (χ1n) is 10.5. The van der Waals surface area contributed by atoms with Gasteiger partial charge in [-0.2, -0.15) is 0 Å². The standard InChI is InChI=1S/C25H21N7OS/c26-9-15-2-1-3-19(8-15)32(25(28)33)18-6-4-16(5-7-18)21-13-34-23-20(12-31-24(27)22(21)23)17-10-29-14-30-11-17/h1-8,10-14H,9,26H2,(H2,27,31)(H2,28,33). The normalized spacial score (nSPS) is 11.0. The number of thiophene rings is 1. The predicted octanol–water partition coefficient (Wildman–Crippen LogP) is 4.68. The summed E-state index contributed by atoms with van der Waals surface area (Å²) in [5.41, 5.74) is 23.7. The first-order valence-corrected chi connectivity index (χ1v) is 11.3. The molecule has 8 nitrogen and oxygen atoms in total. The number of urea groups is 1. The van der Waals surface area contributed by atoms with Crippen molar-refractivity contribution in [1.82, 2.24) is 15.0 Å². The Labute approximate surface area is 199 Å². The Morgan fingerprint density at radius 1 is 0.941 bits per heavy atom. The molecule has 0 atom stereocenters. The summed E-state index contributed by atoms with van der Waals surface area (Å²) < 4.78 is 1.01. The van der Waals surface area contributed by atoms with Gasteiger partial charge in [-0.25, -0.2) is 19.7 Å². The summed E-state index contributed by atoms with van der Waals surface area (Å²) >= 11 is 1.59. The highest BCUT2D eigenvalue weighted by Gasteiger charge is 2.18. The van der Waals surface area contributed by atoms with Crippen LogP contribution in [0.25, 0.3) is 32.3 Å². The molecule has 0 aliphatic carbocycles. The number of primary amides is 1. The maximum absolute atomic E-state index is 12.3. The van der Waals surface area contributed by atoms with E-state index in [-0.39, 0.29) is 0 Å². The van der Waals surface area contributed by atoms with Crippen molar-refractivity contribution in [2.24, 2.45) is 11.5 Å². The number of anilines is 3. The third-order valence-corrected chi connectivity index (χ3v) is 6.57. The molecule has 34 heavy (non-hydrogen) atoms. The minimum Gasteiger partial charge on any atom is -0.383 e. The van der Waals surface area contributed by atoms with Gasteiger partial charge in [0.1, 0.15) is 12.1 Å². The van der Waals surface area contributed by atoms with Gasteiger partial charge in [0, 0.05) is 51.9 Å². The van der Waals surface area contributed by atoms with Gasteiger partial charge in [-0.1, -0.05) is 24.3 Å². The van der Waals surface area contributed by atoms with Gasteiger partial charge in [-0.05, 0) is 40.8 Å². The van der Waals surface area contributed by atoms with Gasteiger partial charge >= 0.3 is 6.03 Å². The van der Waals surface area contributed by atoms with E-state index < -0.39 is 6.03 Å². The molecule has 6 N–H and O–H groups in total. The molecule has 168 valence electrons. The summed E-state index contributed by atoms with van der Waals surface area (Å²) in [6.45, 7) is 0.372. The second-order valence-corrected chi connectivity index (χ2v) is 8.51. The molecule has 5 rings (SSSR count). The minimum absolute atomic E-state index is 0.372. The van der Waals surface area contributed by atoms with Crippen LogP contribution in [0.4, 0.5) is 22.0 Å². The topological polar surface area (TPSA) is 137 Å². The molecule has 2 aromatic carbocycles.